The van der Waals surface area contributed by atoms with Gasteiger partial charge in [-0.05, 0) is 0 Å². The first kappa shape index (κ1) is 29.2. The monoisotopic (exact) mass is 313 g/mol. The summed E-state index contributed by atoms with van der Waals surface area (Å²) in [5.74, 6) is 0. The van der Waals surface area contributed by atoms with Crippen molar-refractivity contribution in [2.75, 3.05) is 0 Å². The van der Waals surface area contributed by atoms with Gasteiger partial charge in [0.05, 0.1) is 0 Å². The van der Waals surface area contributed by atoms with E-state index in [1.807, 2.05) is 0 Å². The summed E-state index contributed by atoms with van der Waals surface area (Å²) in [5, 5.41) is 0. The maximum Gasteiger partial charge on any atom is 4.00 e. The van der Waals surface area contributed by atoms with Crippen LogP contribution in [0.25, 0.3) is 0 Å². The van der Waals surface area contributed by atoms with Crippen LogP contribution >= 0.6 is 0 Å². The third kappa shape index (κ3) is 1310. The summed E-state index contributed by atoms with van der Waals surface area (Å²) in [6.45, 7) is 0. The molecular formula is CCoNiO8Si2. The van der Waals surface area contributed by atoms with E-state index in [1.54, 1.807) is 0 Å². The second-order valence-electron chi connectivity index (χ2n) is 1.00. The Balaban J connectivity index is -0.0000000267. The van der Waals surface area contributed by atoms with Gasteiger partial charge in [-0.1, -0.05) is 0 Å². The van der Waals surface area contributed by atoms with Crippen LogP contribution in [-0.4, -0.2) is 18.1 Å². The second kappa shape index (κ2) is 11.2. The molecule has 0 aromatic rings. The fourth-order valence-electron chi connectivity index (χ4n) is 0. The Bertz CT molecular complexity index is 65.1. The van der Waals surface area contributed by atoms with Gasteiger partial charge in [0.25, 0.3) is 0 Å². The van der Waals surface area contributed by atoms with Crippen LogP contribution in [0.1, 0.15) is 0 Å². The molecule has 79 valence electrons. The van der Waals surface area contributed by atoms with E-state index >= 15 is 0 Å². The van der Waals surface area contributed by atoms with Gasteiger partial charge in [0, 0.05) is 0 Å². The van der Waals surface area contributed by atoms with Gasteiger partial charge in [-0.25, -0.2) is 0 Å². The third-order valence-electron chi connectivity index (χ3n) is 0. The van der Waals surface area contributed by atoms with E-state index in [0.717, 1.165) is 0 Å². The van der Waals surface area contributed by atoms with E-state index in [9.17, 15) is 0 Å². The van der Waals surface area contributed by atoms with Crippen LogP contribution in [0.5, 0.6) is 0 Å². The summed E-state index contributed by atoms with van der Waals surface area (Å²) in [7, 11) is -11.2. The Morgan fingerprint density at radius 3 is 0.538 bits per heavy atom. The van der Waals surface area contributed by atoms with Gasteiger partial charge in [-0.2, -0.15) is 0 Å². The predicted octanol–water partition coefficient (Wildman–Crippen LogP) is -10.2. The molecule has 0 unspecified atom stereocenters. The Morgan fingerprint density at radius 1 is 0.538 bits per heavy atom. The molecule has 0 N–H and O–H groups in total. The van der Waals surface area contributed by atoms with Crippen LogP contribution in [-0.2, 0) is 33.3 Å². The summed E-state index contributed by atoms with van der Waals surface area (Å²) >= 11 is 0. The summed E-state index contributed by atoms with van der Waals surface area (Å²) in [5.41, 5.74) is 0. The van der Waals surface area contributed by atoms with Crippen LogP contribution in [0.2, 0.25) is 0 Å². The van der Waals surface area contributed by atoms with E-state index in [2.05, 4.69) is 0 Å². The van der Waals surface area contributed by atoms with Gasteiger partial charge in [0.1, 0.15) is 0 Å². The second-order valence-corrected chi connectivity index (χ2v) is 3.00. The van der Waals surface area contributed by atoms with Gasteiger partial charge in [-0.15, -0.1) is 0 Å². The first-order valence-corrected chi connectivity index (χ1v) is 4.90. The first-order chi connectivity index (χ1) is 4.00. The molecule has 0 rings (SSSR count). The van der Waals surface area contributed by atoms with Crippen LogP contribution < -0.4 is 38.4 Å². The van der Waals surface area contributed by atoms with E-state index < -0.39 is 18.1 Å². The van der Waals surface area contributed by atoms with Crippen LogP contribution in [0.15, 0.2) is 0 Å². The Labute approximate surface area is 97.2 Å². The van der Waals surface area contributed by atoms with Crippen molar-refractivity contribution in [1.82, 2.24) is 0 Å². The minimum Gasteiger partial charge on any atom is -0.894 e. The van der Waals surface area contributed by atoms with Gasteiger partial charge < -0.3 is 56.5 Å². The zero-order valence-electron chi connectivity index (χ0n) is 5.42. The van der Waals surface area contributed by atoms with Crippen LogP contribution in [0.4, 0.5) is 0 Å². The predicted molar refractivity (Wildman–Crippen MR) is 14.8 cm³/mol. The molecule has 0 aromatic carbocycles. The van der Waals surface area contributed by atoms with E-state index in [1.165, 1.54) is 0 Å². The maximum absolute atomic E-state index is 8.58. The molecular weight excluding hydrogens is 314 g/mol. The summed E-state index contributed by atoms with van der Waals surface area (Å²) < 4.78 is 0. The maximum atomic E-state index is 8.58. The van der Waals surface area contributed by atoms with E-state index in [4.69, 9.17) is 38.4 Å². The normalized spacial score (nSPS) is 9.23. The molecule has 0 saturated heterocycles. The number of rotatable bonds is 0. The van der Waals surface area contributed by atoms with Crippen molar-refractivity contribution in [2.45, 2.75) is 0 Å². The molecule has 0 fully saturated rings. The molecule has 0 spiro atoms. The minimum absolute atomic E-state index is 0. The van der Waals surface area contributed by atoms with Crippen molar-refractivity contribution in [3.05, 3.63) is 7.43 Å². The van der Waals surface area contributed by atoms with Crippen LogP contribution in [0, 0.1) is 7.43 Å². The van der Waals surface area contributed by atoms with Crippen molar-refractivity contribution in [2.24, 2.45) is 0 Å². The standard InChI is InChI=1S/C.Co.Ni.2O4Si/c;;;2*1-5(2,3)4/q+4;2*+2;2*-4. The molecule has 8 nitrogen and oxygen atoms in total. The minimum atomic E-state index is -5.61. The molecule has 12 heteroatoms. The van der Waals surface area contributed by atoms with Gasteiger partial charge in [-0.3, -0.25) is 0 Å². The summed E-state index contributed by atoms with van der Waals surface area (Å²) in [6, 6.07) is 0. The molecule has 0 aliphatic heterocycles. The fraction of sp³-hybridized carbons (Fsp3) is 0. The van der Waals surface area contributed by atoms with Crippen LogP contribution in [0.3, 0.4) is 0 Å². The van der Waals surface area contributed by atoms with E-state index in [-0.39, 0.29) is 40.7 Å². The SMILES string of the molecule is [C+4].[Co+2].[Ni+2].[O-][Si]([O-])([O-])[O-].[O-][Si]([O-])([O-])[O-]. The fourth-order valence-corrected chi connectivity index (χ4v) is 0. The molecule has 0 heterocycles. The average Bonchev–Trinajstić information content (AvgIpc) is 1.12. The average molecular weight is 314 g/mol. The number of hydrogen-bond acceptors (Lipinski definition) is 8. The molecule has 0 aromatic heterocycles. The molecule has 0 saturated carbocycles. The smallest absolute Gasteiger partial charge is 0.894 e. The Hall–Kier alpha value is 1.11. The van der Waals surface area contributed by atoms with Gasteiger partial charge in [0.15, 0.2) is 0 Å². The number of hydrogen-bond donors (Lipinski definition) is 0. The molecule has 1 radical (unpaired) electrons. The summed E-state index contributed by atoms with van der Waals surface area (Å²) in [4.78, 5) is 68.6. The zero-order valence-corrected chi connectivity index (χ0v) is 9.44. The van der Waals surface area contributed by atoms with Crippen molar-refractivity contribution in [1.29, 1.82) is 0 Å². The summed E-state index contributed by atoms with van der Waals surface area (Å²) in [6.07, 6.45) is 0. The molecule has 13 heavy (non-hydrogen) atoms. The van der Waals surface area contributed by atoms with Crippen molar-refractivity contribution >= 4 is 18.1 Å². The Kier molecular flexibility index (Phi) is 25.2. The molecule has 0 atom stereocenters. The third-order valence-corrected chi connectivity index (χ3v) is 0. The van der Waals surface area contributed by atoms with E-state index in [0.29, 0.717) is 0 Å². The van der Waals surface area contributed by atoms with Crippen molar-refractivity contribution < 1.29 is 71.6 Å². The molecule has 0 bridgehead atoms. The quantitative estimate of drug-likeness (QED) is 0.394. The zero-order chi connectivity index (χ0) is 9.00. The topological polar surface area (TPSA) is 184 Å². The first-order valence-electron chi connectivity index (χ1n) is 1.63. The van der Waals surface area contributed by atoms with Gasteiger partial charge >= 0.3 is 40.7 Å². The van der Waals surface area contributed by atoms with Crippen molar-refractivity contribution in [3.8, 4) is 0 Å². The van der Waals surface area contributed by atoms with Crippen molar-refractivity contribution in [3.63, 3.8) is 0 Å². The van der Waals surface area contributed by atoms with Gasteiger partial charge in [0.2, 0.25) is 0 Å². The largest absolute Gasteiger partial charge is 4.00 e. The molecule has 0 aliphatic rings. The molecule has 0 aliphatic carbocycles. The molecule has 0 amide bonds. The Morgan fingerprint density at radius 2 is 0.538 bits per heavy atom.